The van der Waals surface area contributed by atoms with E-state index in [-0.39, 0.29) is 17.6 Å². The molecule has 11 heteroatoms. The van der Waals surface area contributed by atoms with Crippen LogP contribution < -0.4 is 10.6 Å². The number of Topliss-reactive ketones (excluding diaryl/α,β-unsaturated/α-hetero) is 1. The van der Waals surface area contributed by atoms with Gasteiger partial charge < -0.3 is 15.7 Å². The molecule has 1 amide bonds. The standard InChI is InChI=1S/C10H11ClN2O2S.C2HF3O2/c11-9-2-1-8(16-9)10(15)13-4-6-3-12-5-7(6)14;3-2(4,5)1(6)7/h1-2,6,12H,3-5H2,(H,13,15);(H,6,7)/t6-;/m0./s1. The summed E-state index contributed by atoms with van der Waals surface area (Å²) >= 11 is 6.96. The lowest BCUT2D eigenvalue weighted by atomic mass is 10.1. The van der Waals surface area contributed by atoms with Gasteiger partial charge in [-0.1, -0.05) is 11.6 Å². The van der Waals surface area contributed by atoms with Crippen LogP contribution >= 0.6 is 22.9 Å². The Morgan fingerprint density at radius 1 is 1.43 bits per heavy atom. The first-order valence-corrected chi connectivity index (χ1v) is 7.37. The van der Waals surface area contributed by atoms with Gasteiger partial charge in [-0.25, -0.2) is 4.79 Å². The van der Waals surface area contributed by atoms with Crippen LogP contribution in [0, 0.1) is 5.92 Å². The van der Waals surface area contributed by atoms with Gasteiger partial charge in [-0.3, -0.25) is 9.59 Å². The van der Waals surface area contributed by atoms with Crippen molar-refractivity contribution in [1.29, 1.82) is 0 Å². The van der Waals surface area contributed by atoms with E-state index < -0.39 is 12.1 Å². The molecule has 0 spiro atoms. The van der Waals surface area contributed by atoms with Crippen molar-refractivity contribution in [2.45, 2.75) is 6.18 Å². The molecule has 23 heavy (non-hydrogen) atoms. The molecule has 1 saturated heterocycles. The van der Waals surface area contributed by atoms with Crippen molar-refractivity contribution < 1.29 is 32.7 Å². The summed E-state index contributed by atoms with van der Waals surface area (Å²) in [6.45, 7) is 1.44. The molecule has 0 bridgehead atoms. The third kappa shape index (κ3) is 6.55. The summed E-state index contributed by atoms with van der Waals surface area (Å²) in [6.07, 6.45) is -5.08. The van der Waals surface area contributed by atoms with E-state index in [1.54, 1.807) is 12.1 Å². The lowest BCUT2D eigenvalue weighted by Gasteiger charge is -2.07. The zero-order valence-corrected chi connectivity index (χ0v) is 13.0. The van der Waals surface area contributed by atoms with Gasteiger partial charge in [0.1, 0.15) is 0 Å². The van der Waals surface area contributed by atoms with Gasteiger partial charge in [0.25, 0.3) is 5.91 Å². The van der Waals surface area contributed by atoms with Crippen molar-refractivity contribution in [2.24, 2.45) is 5.92 Å². The molecule has 0 radical (unpaired) electrons. The van der Waals surface area contributed by atoms with E-state index in [0.717, 1.165) is 0 Å². The summed E-state index contributed by atoms with van der Waals surface area (Å²) in [5.41, 5.74) is 0. The first-order valence-electron chi connectivity index (χ1n) is 6.18. The number of carbonyl (C=O) groups is 3. The summed E-state index contributed by atoms with van der Waals surface area (Å²) < 4.78 is 32.3. The molecule has 1 atom stereocenters. The third-order valence-corrected chi connectivity index (χ3v) is 3.92. The van der Waals surface area contributed by atoms with E-state index in [2.05, 4.69) is 10.6 Å². The smallest absolute Gasteiger partial charge is 0.475 e. The molecule has 1 aromatic rings. The summed E-state index contributed by atoms with van der Waals surface area (Å²) in [5, 5.41) is 12.8. The third-order valence-electron chi connectivity index (χ3n) is 2.69. The first-order chi connectivity index (χ1) is 10.6. The molecule has 1 aromatic heterocycles. The number of rotatable bonds is 3. The molecule has 2 heterocycles. The predicted molar refractivity (Wildman–Crippen MR) is 76.7 cm³/mol. The largest absolute Gasteiger partial charge is 0.490 e. The van der Waals surface area contributed by atoms with Crippen LogP contribution in [-0.4, -0.2) is 48.6 Å². The highest BCUT2D eigenvalue weighted by Crippen LogP contribution is 2.21. The zero-order valence-electron chi connectivity index (χ0n) is 11.4. The number of nitrogens with one attached hydrogen (secondary N) is 2. The maximum Gasteiger partial charge on any atom is 0.490 e. The minimum Gasteiger partial charge on any atom is -0.475 e. The lowest BCUT2D eigenvalue weighted by molar-refractivity contribution is -0.192. The van der Waals surface area contributed by atoms with Crippen molar-refractivity contribution in [2.75, 3.05) is 19.6 Å². The van der Waals surface area contributed by atoms with Gasteiger partial charge in [0.05, 0.1) is 15.8 Å². The van der Waals surface area contributed by atoms with Crippen molar-refractivity contribution >= 4 is 40.6 Å². The summed E-state index contributed by atoms with van der Waals surface area (Å²) in [7, 11) is 0. The zero-order chi connectivity index (χ0) is 17.6. The fourth-order valence-corrected chi connectivity index (χ4v) is 2.51. The van der Waals surface area contributed by atoms with E-state index in [1.165, 1.54) is 11.3 Å². The number of aliphatic carboxylic acids is 1. The van der Waals surface area contributed by atoms with Gasteiger partial charge >= 0.3 is 12.1 Å². The van der Waals surface area contributed by atoms with Crippen LogP contribution in [0.25, 0.3) is 0 Å². The average molecular weight is 373 g/mol. The van der Waals surface area contributed by atoms with Crippen molar-refractivity contribution in [3.63, 3.8) is 0 Å². The number of thiophene rings is 1. The van der Waals surface area contributed by atoms with Crippen LogP contribution in [0.2, 0.25) is 4.34 Å². The summed E-state index contributed by atoms with van der Waals surface area (Å²) in [5.74, 6) is -2.87. The van der Waals surface area contributed by atoms with Gasteiger partial charge in [0.2, 0.25) is 0 Å². The maximum absolute atomic E-state index is 11.6. The van der Waals surface area contributed by atoms with Crippen molar-refractivity contribution in [1.82, 2.24) is 10.6 Å². The monoisotopic (exact) mass is 372 g/mol. The van der Waals surface area contributed by atoms with Gasteiger partial charge in [-0.2, -0.15) is 13.2 Å². The fraction of sp³-hybridized carbons (Fsp3) is 0.417. The van der Waals surface area contributed by atoms with Gasteiger partial charge in [-0.05, 0) is 12.1 Å². The number of hydrogen-bond acceptors (Lipinski definition) is 5. The van der Waals surface area contributed by atoms with Crippen LogP contribution in [0.3, 0.4) is 0 Å². The Bertz CT molecular complexity index is 591. The second kappa shape index (κ2) is 8.27. The maximum atomic E-state index is 11.6. The molecule has 6 nitrogen and oxygen atoms in total. The molecular formula is C12H12ClF3N2O4S. The molecule has 0 unspecified atom stereocenters. The average Bonchev–Trinajstić information content (AvgIpc) is 3.04. The van der Waals surface area contributed by atoms with Crippen molar-refractivity contribution in [3.8, 4) is 0 Å². The topological polar surface area (TPSA) is 95.5 Å². The Hall–Kier alpha value is -1.65. The Morgan fingerprint density at radius 3 is 2.43 bits per heavy atom. The van der Waals surface area contributed by atoms with Gasteiger partial charge in [0, 0.05) is 19.0 Å². The van der Waals surface area contributed by atoms with Crippen LogP contribution in [0.15, 0.2) is 12.1 Å². The Kier molecular flexibility index (Phi) is 6.98. The fourth-order valence-electron chi connectivity index (χ4n) is 1.55. The highest BCUT2D eigenvalue weighted by molar-refractivity contribution is 7.17. The number of carbonyl (C=O) groups excluding carboxylic acids is 2. The number of amides is 1. The molecule has 2 rings (SSSR count). The number of carboxylic acid groups (broad SMARTS) is 1. The number of ketones is 1. The second-order valence-electron chi connectivity index (χ2n) is 4.41. The number of carboxylic acids is 1. The highest BCUT2D eigenvalue weighted by Gasteiger charge is 2.38. The minimum absolute atomic E-state index is 0.0978. The quantitative estimate of drug-likeness (QED) is 0.748. The van der Waals surface area contributed by atoms with Gasteiger partial charge in [0.15, 0.2) is 5.78 Å². The predicted octanol–water partition coefficient (Wildman–Crippen LogP) is 1.55. The molecular weight excluding hydrogens is 361 g/mol. The van der Waals surface area contributed by atoms with Crippen LogP contribution in [0.5, 0.6) is 0 Å². The Morgan fingerprint density at radius 2 is 2.04 bits per heavy atom. The van der Waals surface area contributed by atoms with E-state index in [4.69, 9.17) is 21.5 Å². The molecule has 3 N–H and O–H groups in total. The molecule has 0 aromatic carbocycles. The van der Waals surface area contributed by atoms with Crippen molar-refractivity contribution in [3.05, 3.63) is 21.3 Å². The Balaban J connectivity index is 0.000000322. The highest BCUT2D eigenvalue weighted by atomic mass is 35.5. The van der Waals surface area contributed by atoms with E-state index in [9.17, 15) is 22.8 Å². The van der Waals surface area contributed by atoms with E-state index >= 15 is 0 Å². The molecule has 0 saturated carbocycles. The molecule has 128 valence electrons. The summed E-state index contributed by atoms with van der Waals surface area (Å²) in [4.78, 5) is 32.4. The lowest BCUT2D eigenvalue weighted by Crippen LogP contribution is -2.32. The first kappa shape index (κ1) is 19.4. The molecule has 1 aliphatic heterocycles. The van der Waals surface area contributed by atoms with Crippen LogP contribution in [0.1, 0.15) is 9.67 Å². The molecule has 0 aliphatic carbocycles. The minimum atomic E-state index is -5.08. The van der Waals surface area contributed by atoms with Gasteiger partial charge in [-0.15, -0.1) is 11.3 Å². The van der Waals surface area contributed by atoms with E-state index in [0.29, 0.717) is 28.8 Å². The number of alkyl halides is 3. The number of hydrogen-bond donors (Lipinski definition) is 3. The Labute approximate surface area is 137 Å². The van der Waals surface area contributed by atoms with Crippen LogP contribution in [-0.2, 0) is 9.59 Å². The molecule has 1 aliphatic rings. The van der Waals surface area contributed by atoms with E-state index in [1.807, 2.05) is 0 Å². The number of halogens is 4. The SMILES string of the molecule is O=C(NC[C@@H]1CNCC1=O)c1ccc(Cl)s1.O=C(O)C(F)(F)F. The second-order valence-corrected chi connectivity index (χ2v) is 6.13. The normalized spacial score (nSPS) is 17.4. The molecule has 1 fully saturated rings. The van der Waals surface area contributed by atoms with Crippen LogP contribution in [0.4, 0.5) is 13.2 Å². The summed E-state index contributed by atoms with van der Waals surface area (Å²) in [6, 6.07) is 3.36.